The number of ether oxygens (including phenoxy) is 1. The van der Waals surface area contributed by atoms with Crippen LogP contribution in [0, 0.1) is 10.1 Å². The Bertz CT molecular complexity index is 838. The minimum atomic E-state index is -4.96. The molecule has 1 aromatic heterocycles. The van der Waals surface area contributed by atoms with Crippen LogP contribution in [0.25, 0.3) is 0 Å². The lowest BCUT2D eigenvalue weighted by Crippen LogP contribution is -2.16. The van der Waals surface area contributed by atoms with Crippen molar-refractivity contribution in [1.82, 2.24) is 4.98 Å². The van der Waals surface area contributed by atoms with Gasteiger partial charge >= 0.3 is 17.8 Å². The SMILES string of the molecule is COc1ccc(CNc2nc(C(F)(F)F)cc(C(=O)O)c2[N+](=O)[O-])cc1. The third-order valence-corrected chi connectivity index (χ3v) is 3.32. The largest absolute Gasteiger partial charge is 0.497 e. The van der Waals surface area contributed by atoms with Crippen molar-refractivity contribution in [2.45, 2.75) is 12.7 Å². The molecule has 1 aromatic carbocycles. The molecule has 0 aliphatic heterocycles. The second kappa shape index (κ2) is 7.25. The van der Waals surface area contributed by atoms with Crippen molar-refractivity contribution in [3.05, 3.63) is 57.3 Å². The van der Waals surface area contributed by atoms with Gasteiger partial charge in [-0.15, -0.1) is 0 Å². The van der Waals surface area contributed by atoms with Gasteiger partial charge in [0.05, 0.1) is 12.0 Å². The number of aromatic nitrogens is 1. The molecule has 0 saturated heterocycles. The van der Waals surface area contributed by atoms with E-state index in [0.29, 0.717) is 11.3 Å². The van der Waals surface area contributed by atoms with Crippen LogP contribution in [0.15, 0.2) is 30.3 Å². The lowest BCUT2D eigenvalue weighted by atomic mass is 10.1. The van der Waals surface area contributed by atoms with Crippen LogP contribution in [0.2, 0.25) is 0 Å². The van der Waals surface area contributed by atoms with Crippen molar-refractivity contribution in [2.24, 2.45) is 0 Å². The molecule has 0 radical (unpaired) electrons. The maximum atomic E-state index is 12.9. The number of halogens is 3. The molecule has 26 heavy (non-hydrogen) atoms. The molecule has 0 amide bonds. The average molecular weight is 371 g/mol. The van der Waals surface area contributed by atoms with E-state index < -0.39 is 39.8 Å². The summed E-state index contributed by atoms with van der Waals surface area (Å²) in [5.41, 5.74) is -3.12. The van der Waals surface area contributed by atoms with E-state index in [1.807, 2.05) is 0 Å². The van der Waals surface area contributed by atoms with E-state index in [4.69, 9.17) is 9.84 Å². The Morgan fingerprint density at radius 2 is 1.96 bits per heavy atom. The second-order valence-electron chi connectivity index (χ2n) is 5.01. The molecule has 0 aliphatic carbocycles. The van der Waals surface area contributed by atoms with Crippen LogP contribution in [0.3, 0.4) is 0 Å². The Kier molecular flexibility index (Phi) is 5.29. The Morgan fingerprint density at radius 1 is 1.35 bits per heavy atom. The Balaban J connectivity index is 2.44. The normalized spacial score (nSPS) is 11.1. The number of anilines is 1. The quantitative estimate of drug-likeness (QED) is 0.591. The first-order valence-corrected chi connectivity index (χ1v) is 7.00. The molecule has 11 heteroatoms. The number of nitro groups is 1. The van der Waals surface area contributed by atoms with Crippen molar-refractivity contribution in [2.75, 3.05) is 12.4 Å². The number of hydrogen-bond acceptors (Lipinski definition) is 6. The standard InChI is InChI=1S/C15H12F3N3O5/c1-26-9-4-2-8(3-5-9)7-19-13-12(21(24)25)10(14(22)23)6-11(20-13)15(16,17)18/h2-6H,7H2,1H3,(H,19,20)(H,22,23). The zero-order chi connectivity index (χ0) is 19.5. The van der Waals surface area contributed by atoms with Crippen molar-refractivity contribution >= 4 is 17.5 Å². The summed E-state index contributed by atoms with van der Waals surface area (Å²) in [6.45, 7) is -0.113. The number of aromatic carboxylic acids is 1. The fraction of sp³-hybridized carbons (Fsp3) is 0.200. The van der Waals surface area contributed by atoms with Crippen LogP contribution in [0.5, 0.6) is 5.75 Å². The van der Waals surface area contributed by atoms with Gasteiger partial charge in [-0.3, -0.25) is 10.1 Å². The number of carbonyl (C=O) groups is 1. The molecule has 2 rings (SSSR count). The number of hydrogen-bond donors (Lipinski definition) is 2. The smallest absolute Gasteiger partial charge is 0.433 e. The van der Waals surface area contributed by atoms with Crippen LogP contribution in [-0.2, 0) is 12.7 Å². The van der Waals surface area contributed by atoms with E-state index in [1.54, 1.807) is 24.3 Å². The van der Waals surface area contributed by atoms with Crippen LogP contribution in [0.4, 0.5) is 24.7 Å². The van der Waals surface area contributed by atoms with Crippen LogP contribution < -0.4 is 10.1 Å². The number of alkyl halides is 3. The highest BCUT2D eigenvalue weighted by atomic mass is 19.4. The highest BCUT2D eigenvalue weighted by Crippen LogP contribution is 2.35. The number of carboxylic acid groups (broad SMARTS) is 1. The van der Waals surface area contributed by atoms with Gasteiger partial charge in [-0.25, -0.2) is 9.78 Å². The zero-order valence-corrected chi connectivity index (χ0v) is 13.2. The van der Waals surface area contributed by atoms with Crippen LogP contribution in [-0.4, -0.2) is 28.1 Å². The maximum Gasteiger partial charge on any atom is 0.433 e. The predicted molar refractivity (Wildman–Crippen MR) is 83.2 cm³/mol. The Hall–Kier alpha value is -3.37. The first-order chi connectivity index (χ1) is 12.1. The number of rotatable bonds is 6. The van der Waals surface area contributed by atoms with Gasteiger partial charge < -0.3 is 15.2 Å². The molecule has 0 saturated carbocycles. The van der Waals surface area contributed by atoms with Gasteiger partial charge in [-0.2, -0.15) is 13.2 Å². The molecular weight excluding hydrogens is 359 g/mol. The fourth-order valence-electron chi connectivity index (χ4n) is 2.08. The molecule has 8 nitrogen and oxygen atoms in total. The number of pyridine rings is 1. The molecule has 2 aromatic rings. The molecule has 0 bridgehead atoms. The molecule has 0 unspecified atom stereocenters. The summed E-state index contributed by atoms with van der Waals surface area (Å²) in [7, 11) is 1.45. The zero-order valence-electron chi connectivity index (χ0n) is 13.2. The summed E-state index contributed by atoms with van der Waals surface area (Å²) < 4.78 is 43.7. The van der Waals surface area contributed by atoms with Gasteiger partial charge in [-0.05, 0) is 23.8 Å². The molecule has 0 atom stereocenters. The lowest BCUT2D eigenvalue weighted by Gasteiger charge is -2.12. The maximum absolute atomic E-state index is 12.9. The summed E-state index contributed by atoms with van der Waals surface area (Å²) >= 11 is 0. The van der Waals surface area contributed by atoms with E-state index in [2.05, 4.69) is 10.3 Å². The molecule has 2 N–H and O–H groups in total. The third-order valence-electron chi connectivity index (χ3n) is 3.32. The van der Waals surface area contributed by atoms with Gasteiger partial charge in [0, 0.05) is 6.54 Å². The van der Waals surface area contributed by atoms with Crippen molar-refractivity contribution in [1.29, 1.82) is 0 Å². The molecule has 0 spiro atoms. The third kappa shape index (κ3) is 4.18. The minimum Gasteiger partial charge on any atom is -0.497 e. The van der Waals surface area contributed by atoms with E-state index in [1.165, 1.54) is 7.11 Å². The summed E-state index contributed by atoms with van der Waals surface area (Å²) in [5.74, 6) is -2.10. The van der Waals surface area contributed by atoms with Gasteiger partial charge in [0.1, 0.15) is 17.0 Å². The van der Waals surface area contributed by atoms with E-state index in [0.717, 1.165) is 0 Å². The molecular formula is C15H12F3N3O5. The van der Waals surface area contributed by atoms with Gasteiger partial charge in [0.15, 0.2) is 0 Å². The molecule has 0 aliphatic rings. The van der Waals surface area contributed by atoms with E-state index in [-0.39, 0.29) is 12.6 Å². The summed E-state index contributed by atoms with van der Waals surface area (Å²) in [5, 5.41) is 22.6. The van der Waals surface area contributed by atoms with Gasteiger partial charge in [-0.1, -0.05) is 12.1 Å². The van der Waals surface area contributed by atoms with E-state index in [9.17, 15) is 28.1 Å². The number of benzene rings is 1. The average Bonchev–Trinajstić information content (AvgIpc) is 2.58. The Labute approximate surface area is 144 Å². The van der Waals surface area contributed by atoms with Crippen molar-refractivity contribution in [3.63, 3.8) is 0 Å². The summed E-state index contributed by atoms with van der Waals surface area (Å²) in [6, 6.07) is 6.49. The van der Waals surface area contributed by atoms with Gasteiger partial charge in [0.25, 0.3) is 0 Å². The highest BCUT2D eigenvalue weighted by molar-refractivity contribution is 5.95. The number of nitrogens with zero attached hydrogens (tertiary/aromatic N) is 2. The lowest BCUT2D eigenvalue weighted by molar-refractivity contribution is -0.384. The second-order valence-corrected chi connectivity index (χ2v) is 5.01. The minimum absolute atomic E-state index is 0.113. The first kappa shape index (κ1) is 19.0. The predicted octanol–water partition coefficient (Wildman–Crippen LogP) is 3.33. The highest BCUT2D eigenvalue weighted by Gasteiger charge is 2.38. The summed E-state index contributed by atoms with van der Waals surface area (Å²) in [4.78, 5) is 24.4. The summed E-state index contributed by atoms with van der Waals surface area (Å²) in [6.07, 6.45) is -4.96. The molecule has 1 heterocycles. The van der Waals surface area contributed by atoms with E-state index >= 15 is 0 Å². The van der Waals surface area contributed by atoms with Gasteiger partial charge in [0.2, 0.25) is 5.82 Å². The molecule has 138 valence electrons. The monoisotopic (exact) mass is 371 g/mol. The topological polar surface area (TPSA) is 115 Å². The van der Waals surface area contributed by atoms with Crippen LogP contribution >= 0.6 is 0 Å². The van der Waals surface area contributed by atoms with Crippen LogP contribution in [0.1, 0.15) is 21.6 Å². The fourth-order valence-corrected chi connectivity index (χ4v) is 2.08. The first-order valence-electron chi connectivity index (χ1n) is 7.00. The van der Waals surface area contributed by atoms with Crippen molar-refractivity contribution in [3.8, 4) is 5.75 Å². The number of nitrogens with one attached hydrogen (secondary N) is 1. The van der Waals surface area contributed by atoms with Crippen molar-refractivity contribution < 1.29 is 32.7 Å². The Morgan fingerprint density at radius 3 is 2.42 bits per heavy atom. The number of carboxylic acids is 1. The number of methoxy groups -OCH3 is 1. The molecule has 0 fully saturated rings.